The lowest BCUT2D eigenvalue weighted by Crippen LogP contribution is -2.25. The summed E-state index contributed by atoms with van der Waals surface area (Å²) in [6.07, 6.45) is 7.15. The molecule has 2 heteroatoms. The molecule has 0 atom stereocenters. The zero-order chi connectivity index (χ0) is 8.81. The van der Waals surface area contributed by atoms with Crippen molar-refractivity contribution >= 4 is 15.9 Å². The lowest BCUT2D eigenvalue weighted by molar-refractivity contribution is 0.346. The van der Waals surface area contributed by atoms with Crippen LogP contribution in [-0.2, 0) is 0 Å². The second-order valence-corrected chi connectivity index (χ2v) is 4.77. The highest BCUT2D eigenvalue weighted by molar-refractivity contribution is 9.11. The lowest BCUT2D eigenvalue weighted by Gasteiger charge is -2.21. The molecule has 0 unspecified atom stereocenters. The van der Waals surface area contributed by atoms with Crippen LogP contribution >= 0.6 is 15.9 Å². The Bertz CT molecular complexity index is 139. The van der Waals surface area contributed by atoms with Gasteiger partial charge in [-0.05, 0) is 25.3 Å². The third-order valence-electron chi connectivity index (χ3n) is 2.47. The van der Waals surface area contributed by atoms with Gasteiger partial charge in [0.15, 0.2) is 0 Å². The van der Waals surface area contributed by atoms with Crippen LogP contribution in [0, 0.1) is 5.92 Å². The van der Waals surface area contributed by atoms with Crippen molar-refractivity contribution in [2.24, 2.45) is 5.92 Å². The van der Waals surface area contributed by atoms with Crippen LogP contribution in [0.25, 0.3) is 0 Å². The molecule has 0 spiro atoms. The smallest absolute Gasteiger partial charge is 0.0265 e. The molecular formula is C10H18BrN. The van der Waals surface area contributed by atoms with Gasteiger partial charge in [0.25, 0.3) is 0 Å². The highest BCUT2D eigenvalue weighted by Crippen LogP contribution is 2.22. The Kier molecular flexibility index (Phi) is 4.93. The van der Waals surface area contributed by atoms with E-state index in [-0.39, 0.29) is 0 Å². The molecule has 0 saturated heterocycles. The van der Waals surface area contributed by atoms with E-state index in [2.05, 4.69) is 27.8 Å². The Morgan fingerprint density at radius 2 is 2.00 bits per heavy atom. The molecule has 1 aliphatic rings. The molecule has 0 aromatic carbocycles. The SMILES string of the molecule is C=C(Br)CNCC1CCCCC1. The van der Waals surface area contributed by atoms with E-state index in [9.17, 15) is 0 Å². The number of halogens is 1. The zero-order valence-electron chi connectivity index (χ0n) is 7.61. The predicted molar refractivity (Wildman–Crippen MR) is 57.5 cm³/mol. The Balaban J connectivity index is 2.01. The minimum Gasteiger partial charge on any atom is -0.312 e. The third-order valence-corrected chi connectivity index (χ3v) is 2.75. The van der Waals surface area contributed by atoms with Crippen molar-refractivity contribution in [1.82, 2.24) is 5.32 Å². The van der Waals surface area contributed by atoms with Gasteiger partial charge in [-0.3, -0.25) is 0 Å². The normalized spacial score (nSPS) is 19.4. The molecule has 70 valence electrons. The molecule has 12 heavy (non-hydrogen) atoms. The van der Waals surface area contributed by atoms with Gasteiger partial charge in [0, 0.05) is 11.0 Å². The van der Waals surface area contributed by atoms with Gasteiger partial charge >= 0.3 is 0 Å². The van der Waals surface area contributed by atoms with E-state index < -0.39 is 0 Å². The van der Waals surface area contributed by atoms with E-state index >= 15 is 0 Å². The van der Waals surface area contributed by atoms with Crippen molar-refractivity contribution < 1.29 is 0 Å². The molecule has 0 aliphatic heterocycles. The van der Waals surface area contributed by atoms with E-state index in [1.165, 1.54) is 38.6 Å². The van der Waals surface area contributed by atoms with Crippen molar-refractivity contribution in [1.29, 1.82) is 0 Å². The number of hydrogen-bond donors (Lipinski definition) is 1. The second-order valence-electron chi connectivity index (χ2n) is 3.65. The predicted octanol–water partition coefficient (Wildman–Crippen LogP) is 3.06. The van der Waals surface area contributed by atoms with Crippen LogP contribution in [0.3, 0.4) is 0 Å². The highest BCUT2D eigenvalue weighted by Gasteiger charge is 2.12. The van der Waals surface area contributed by atoms with Gasteiger partial charge in [-0.15, -0.1) is 0 Å². The van der Waals surface area contributed by atoms with E-state index in [1.807, 2.05) is 0 Å². The summed E-state index contributed by atoms with van der Waals surface area (Å²) in [4.78, 5) is 0. The van der Waals surface area contributed by atoms with Crippen molar-refractivity contribution in [2.75, 3.05) is 13.1 Å². The maximum atomic E-state index is 3.79. The largest absolute Gasteiger partial charge is 0.312 e. The van der Waals surface area contributed by atoms with Crippen LogP contribution in [0.2, 0.25) is 0 Å². The van der Waals surface area contributed by atoms with Gasteiger partial charge in [0.05, 0.1) is 0 Å². The second kappa shape index (κ2) is 5.76. The summed E-state index contributed by atoms with van der Waals surface area (Å²) in [6, 6.07) is 0. The van der Waals surface area contributed by atoms with E-state index in [0.717, 1.165) is 16.9 Å². The van der Waals surface area contributed by atoms with Gasteiger partial charge in [0.1, 0.15) is 0 Å². The summed E-state index contributed by atoms with van der Waals surface area (Å²) < 4.78 is 1.05. The van der Waals surface area contributed by atoms with Gasteiger partial charge in [-0.2, -0.15) is 0 Å². The quantitative estimate of drug-likeness (QED) is 0.785. The topological polar surface area (TPSA) is 12.0 Å². The lowest BCUT2D eigenvalue weighted by atomic mass is 9.89. The molecule has 1 N–H and O–H groups in total. The van der Waals surface area contributed by atoms with Crippen molar-refractivity contribution in [3.05, 3.63) is 11.1 Å². The van der Waals surface area contributed by atoms with Gasteiger partial charge in [-0.1, -0.05) is 41.8 Å². The summed E-state index contributed by atoms with van der Waals surface area (Å²) in [6.45, 7) is 5.88. The van der Waals surface area contributed by atoms with E-state index in [4.69, 9.17) is 0 Å². The summed E-state index contributed by atoms with van der Waals surface area (Å²) in [5.41, 5.74) is 0. The molecule has 0 amide bonds. The maximum absolute atomic E-state index is 3.79. The molecule has 1 aliphatic carbocycles. The van der Waals surface area contributed by atoms with Crippen LogP contribution in [0.15, 0.2) is 11.1 Å². The third kappa shape index (κ3) is 4.27. The monoisotopic (exact) mass is 231 g/mol. The van der Waals surface area contributed by atoms with Crippen LogP contribution in [0.1, 0.15) is 32.1 Å². The van der Waals surface area contributed by atoms with Crippen LogP contribution in [-0.4, -0.2) is 13.1 Å². The minimum atomic E-state index is 0.913. The van der Waals surface area contributed by atoms with Crippen LogP contribution in [0.5, 0.6) is 0 Å². The molecule has 1 fully saturated rings. The first-order valence-corrected chi connectivity index (χ1v) is 5.62. The molecule has 0 bridgehead atoms. The van der Waals surface area contributed by atoms with Crippen molar-refractivity contribution in [2.45, 2.75) is 32.1 Å². The molecular weight excluding hydrogens is 214 g/mol. The average Bonchev–Trinajstić information content (AvgIpc) is 2.05. The first-order valence-electron chi connectivity index (χ1n) is 4.83. The average molecular weight is 232 g/mol. The summed E-state index contributed by atoms with van der Waals surface area (Å²) in [5.74, 6) is 0.922. The first-order chi connectivity index (χ1) is 5.79. The van der Waals surface area contributed by atoms with Crippen LogP contribution < -0.4 is 5.32 Å². The Labute approximate surface area is 83.7 Å². The minimum absolute atomic E-state index is 0.913. The molecule has 0 aromatic heterocycles. The van der Waals surface area contributed by atoms with Crippen LogP contribution in [0.4, 0.5) is 0 Å². The molecule has 0 heterocycles. The number of rotatable bonds is 4. The summed E-state index contributed by atoms with van der Waals surface area (Å²) >= 11 is 3.34. The molecule has 1 nitrogen and oxygen atoms in total. The Morgan fingerprint density at radius 1 is 1.33 bits per heavy atom. The molecule has 0 aromatic rings. The highest BCUT2D eigenvalue weighted by atomic mass is 79.9. The van der Waals surface area contributed by atoms with E-state index in [0.29, 0.717) is 0 Å². The standard InChI is InChI=1S/C10H18BrN/c1-9(11)7-12-8-10-5-3-2-4-6-10/h10,12H,1-8H2. The van der Waals surface area contributed by atoms with Crippen molar-refractivity contribution in [3.8, 4) is 0 Å². The fourth-order valence-electron chi connectivity index (χ4n) is 1.80. The van der Waals surface area contributed by atoms with Crippen molar-refractivity contribution in [3.63, 3.8) is 0 Å². The molecule has 1 rings (SSSR count). The fourth-order valence-corrected chi connectivity index (χ4v) is 2.00. The Hall–Kier alpha value is 0.180. The van der Waals surface area contributed by atoms with Gasteiger partial charge in [0.2, 0.25) is 0 Å². The Morgan fingerprint density at radius 3 is 2.58 bits per heavy atom. The summed E-state index contributed by atoms with van der Waals surface area (Å²) in [5, 5.41) is 3.41. The number of nitrogens with one attached hydrogen (secondary N) is 1. The zero-order valence-corrected chi connectivity index (χ0v) is 9.20. The molecule has 1 saturated carbocycles. The number of hydrogen-bond acceptors (Lipinski definition) is 1. The maximum Gasteiger partial charge on any atom is 0.0265 e. The van der Waals surface area contributed by atoms with Gasteiger partial charge in [-0.25, -0.2) is 0 Å². The van der Waals surface area contributed by atoms with E-state index in [1.54, 1.807) is 0 Å². The first kappa shape index (κ1) is 10.3. The van der Waals surface area contributed by atoms with Gasteiger partial charge < -0.3 is 5.32 Å². The fraction of sp³-hybridized carbons (Fsp3) is 0.800. The molecule has 0 radical (unpaired) electrons. The summed E-state index contributed by atoms with van der Waals surface area (Å²) in [7, 11) is 0.